The first-order valence-electron chi connectivity index (χ1n) is 3.83. The molecule has 0 radical (unpaired) electrons. The van der Waals surface area contributed by atoms with Crippen LogP contribution in [0.4, 0.5) is 0 Å². The first-order chi connectivity index (χ1) is 5.79. The molecule has 0 nitrogen and oxygen atoms in total. The Bertz CT molecular complexity index is 311. The van der Waals surface area contributed by atoms with Crippen molar-refractivity contribution in [2.24, 2.45) is 0 Å². The fourth-order valence-corrected chi connectivity index (χ4v) is 1.41. The molecule has 1 rings (SSSR count). The lowest BCUT2D eigenvalue weighted by atomic mass is 10.1. The monoisotopic (exact) mass is 222 g/mol. The summed E-state index contributed by atoms with van der Waals surface area (Å²) in [5.74, 6) is 0. The largest absolute Gasteiger partial charge is 0.0984 e. The van der Waals surface area contributed by atoms with Crippen LogP contribution in [0.15, 0.2) is 36.9 Å². The lowest BCUT2D eigenvalue weighted by Crippen LogP contribution is -1.81. The van der Waals surface area contributed by atoms with E-state index in [0.717, 1.165) is 10.0 Å². The summed E-state index contributed by atoms with van der Waals surface area (Å²) < 4.78 is 1.11. The van der Waals surface area contributed by atoms with E-state index in [1.54, 1.807) is 0 Å². The average Bonchev–Trinajstić information content (AvgIpc) is 2.16. The second-order valence-electron chi connectivity index (χ2n) is 2.43. The van der Waals surface area contributed by atoms with Crippen molar-refractivity contribution in [1.82, 2.24) is 0 Å². The summed E-state index contributed by atoms with van der Waals surface area (Å²) >= 11 is 3.49. The molecule has 0 aliphatic rings. The molecule has 0 fully saturated rings. The molecule has 1 aromatic rings. The molecule has 0 aliphatic carbocycles. The van der Waals surface area contributed by atoms with Crippen LogP contribution in [0.1, 0.15) is 18.1 Å². The number of benzene rings is 1. The molecule has 0 aromatic heterocycles. The van der Waals surface area contributed by atoms with Crippen LogP contribution in [0.25, 0.3) is 10.6 Å². The van der Waals surface area contributed by atoms with Gasteiger partial charge in [0.2, 0.25) is 0 Å². The minimum absolute atomic E-state index is 1.11. The molecule has 12 heavy (non-hydrogen) atoms. The number of rotatable bonds is 2. The average molecular weight is 223 g/mol. The third-order valence-corrected chi connectivity index (χ3v) is 2.58. The summed E-state index contributed by atoms with van der Waals surface area (Å²) in [4.78, 5) is 0. The maximum Gasteiger partial charge on any atom is 0.0211 e. The van der Waals surface area contributed by atoms with E-state index < -0.39 is 0 Å². The zero-order valence-electron chi connectivity index (χ0n) is 7.05. The quantitative estimate of drug-likeness (QED) is 0.708. The normalized spacial score (nSPS) is 11.3. The van der Waals surface area contributed by atoms with Gasteiger partial charge in [0.15, 0.2) is 0 Å². The minimum Gasteiger partial charge on any atom is -0.0984 e. The minimum atomic E-state index is 1.11. The van der Waals surface area contributed by atoms with Gasteiger partial charge in [-0.25, -0.2) is 0 Å². The lowest BCUT2D eigenvalue weighted by molar-refractivity contribution is 1.60. The zero-order valence-corrected chi connectivity index (χ0v) is 8.64. The van der Waals surface area contributed by atoms with Crippen molar-refractivity contribution in [1.29, 1.82) is 0 Å². The second-order valence-corrected chi connectivity index (χ2v) is 3.28. The lowest BCUT2D eigenvalue weighted by Gasteiger charge is -2.02. The Morgan fingerprint density at radius 3 is 2.67 bits per heavy atom. The van der Waals surface area contributed by atoms with Crippen LogP contribution in [0.2, 0.25) is 0 Å². The van der Waals surface area contributed by atoms with Crippen molar-refractivity contribution < 1.29 is 0 Å². The Balaban J connectivity index is 3.22. The predicted octanol–water partition coefficient (Wildman–Crippen LogP) is 4.09. The Labute approximate surface area is 81.7 Å². The molecule has 0 bridgehead atoms. The smallest absolute Gasteiger partial charge is 0.0211 e. The molecule has 0 spiro atoms. The van der Waals surface area contributed by atoms with Gasteiger partial charge in [-0.3, -0.25) is 0 Å². The van der Waals surface area contributed by atoms with Gasteiger partial charge in [0.05, 0.1) is 0 Å². The molecule has 0 heterocycles. The number of halogens is 1. The van der Waals surface area contributed by atoms with Crippen molar-refractivity contribution in [3.8, 4) is 0 Å². The number of hydrogen-bond donors (Lipinski definition) is 0. The Morgan fingerprint density at radius 1 is 1.42 bits per heavy atom. The van der Waals surface area contributed by atoms with Crippen LogP contribution < -0.4 is 0 Å². The van der Waals surface area contributed by atoms with Crippen LogP contribution in [0, 0.1) is 0 Å². The van der Waals surface area contributed by atoms with Gasteiger partial charge in [-0.05, 0) is 18.1 Å². The molecular formula is C11H11Br. The molecule has 0 unspecified atom stereocenters. The van der Waals surface area contributed by atoms with Gasteiger partial charge in [-0.2, -0.15) is 0 Å². The zero-order chi connectivity index (χ0) is 8.97. The van der Waals surface area contributed by atoms with Crippen LogP contribution in [-0.4, -0.2) is 0 Å². The highest BCUT2D eigenvalue weighted by Gasteiger charge is 1.99. The second kappa shape index (κ2) is 4.27. The molecule has 0 atom stereocenters. The molecule has 0 saturated heterocycles. The third kappa shape index (κ3) is 1.86. The van der Waals surface area contributed by atoms with E-state index in [0.29, 0.717) is 0 Å². The highest BCUT2D eigenvalue weighted by atomic mass is 79.9. The number of allylic oxidation sites excluding steroid dienone is 1. The predicted molar refractivity (Wildman–Crippen MR) is 59.1 cm³/mol. The molecule has 0 amide bonds. The van der Waals surface area contributed by atoms with Gasteiger partial charge < -0.3 is 0 Å². The summed E-state index contributed by atoms with van der Waals surface area (Å²) in [5, 5.41) is 0. The summed E-state index contributed by atoms with van der Waals surface area (Å²) in [6, 6.07) is 8.15. The van der Waals surface area contributed by atoms with Crippen molar-refractivity contribution >= 4 is 26.5 Å². The van der Waals surface area contributed by atoms with E-state index in [-0.39, 0.29) is 0 Å². The van der Waals surface area contributed by atoms with E-state index in [1.165, 1.54) is 5.56 Å². The van der Waals surface area contributed by atoms with Gasteiger partial charge >= 0.3 is 0 Å². The maximum atomic E-state index is 3.76. The van der Waals surface area contributed by atoms with Crippen LogP contribution in [-0.2, 0) is 0 Å². The van der Waals surface area contributed by atoms with Gasteiger partial charge in [-0.15, -0.1) is 0 Å². The van der Waals surface area contributed by atoms with E-state index in [4.69, 9.17) is 0 Å². The molecule has 62 valence electrons. The Hall–Kier alpha value is -0.820. The standard InChI is InChI=1S/C11H11Br/c1-3-9-7-5-6-8-10(9)11(12)4-2/h3-8H,1H2,2H3/b11-4+. The molecule has 0 saturated carbocycles. The van der Waals surface area contributed by atoms with Gasteiger partial charge in [0.25, 0.3) is 0 Å². The van der Waals surface area contributed by atoms with Crippen LogP contribution >= 0.6 is 15.9 Å². The fraction of sp³-hybridized carbons (Fsp3) is 0.0909. The highest BCUT2D eigenvalue weighted by molar-refractivity contribution is 9.15. The summed E-state index contributed by atoms with van der Waals surface area (Å²) in [6.45, 7) is 5.76. The summed E-state index contributed by atoms with van der Waals surface area (Å²) in [6.07, 6.45) is 3.89. The Morgan fingerprint density at radius 2 is 2.08 bits per heavy atom. The summed E-state index contributed by atoms with van der Waals surface area (Å²) in [7, 11) is 0. The van der Waals surface area contributed by atoms with Crippen molar-refractivity contribution in [3.05, 3.63) is 48.0 Å². The van der Waals surface area contributed by atoms with Crippen LogP contribution in [0.3, 0.4) is 0 Å². The van der Waals surface area contributed by atoms with Crippen molar-refractivity contribution in [2.45, 2.75) is 6.92 Å². The first kappa shape index (κ1) is 9.27. The maximum absolute atomic E-state index is 3.76. The first-order valence-corrected chi connectivity index (χ1v) is 4.62. The molecule has 0 N–H and O–H groups in total. The number of hydrogen-bond acceptors (Lipinski definition) is 0. The summed E-state index contributed by atoms with van der Waals surface area (Å²) in [5.41, 5.74) is 2.34. The van der Waals surface area contributed by atoms with E-state index >= 15 is 0 Å². The van der Waals surface area contributed by atoms with E-state index in [9.17, 15) is 0 Å². The topological polar surface area (TPSA) is 0 Å². The van der Waals surface area contributed by atoms with Crippen LogP contribution in [0.5, 0.6) is 0 Å². The van der Waals surface area contributed by atoms with E-state index in [2.05, 4.69) is 28.6 Å². The fourth-order valence-electron chi connectivity index (χ4n) is 1.05. The molecular weight excluding hydrogens is 212 g/mol. The van der Waals surface area contributed by atoms with Crippen molar-refractivity contribution in [3.63, 3.8) is 0 Å². The molecule has 1 heteroatoms. The van der Waals surface area contributed by atoms with Crippen molar-refractivity contribution in [2.75, 3.05) is 0 Å². The third-order valence-electron chi connectivity index (χ3n) is 1.69. The Kier molecular flexibility index (Phi) is 3.30. The SMILES string of the molecule is C=Cc1ccccc1/C(Br)=C\C. The van der Waals surface area contributed by atoms with E-state index in [1.807, 2.05) is 37.3 Å². The van der Waals surface area contributed by atoms with Gasteiger partial charge in [-0.1, -0.05) is 58.9 Å². The molecule has 1 aromatic carbocycles. The highest BCUT2D eigenvalue weighted by Crippen LogP contribution is 2.24. The molecule has 0 aliphatic heterocycles. The van der Waals surface area contributed by atoms with Gasteiger partial charge in [0, 0.05) is 4.48 Å². The van der Waals surface area contributed by atoms with Gasteiger partial charge in [0.1, 0.15) is 0 Å².